The first-order valence-electron chi connectivity index (χ1n) is 17.2. The molecule has 234 valence electrons. The molecule has 2 heterocycles. The fourth-order valence-electron chi connectivity index (χ4n) is 8.92. The molecule has 8 aromatic rings. The average Bonchev–Trinajstić information content (AvgIpc) is 3.69. The number of para-hydroxylation sites is 1. The van der Waals surface area contributed by atoms with Gasteiger partial charge >= 0.3 is 0 Å². The maximum atomic E-state index is 5.40. The number of nitrogens with zero attached hydrogens (tertiary/aromatic N) is 3. The van der Waals surface area contributed by atoms with Gasteiger partial charge in [-0.25, -0.2) is 9.97 Å². The molecule has 6 aromatic carbocycles. The molecule has 3 heteroatoms. The van der Waals surface area contributed by atoms with Crippen LogP contribution in [-0.4, -0.2) is 14.5 Å². The summed E-state index contributed by atoms with van der Waals surface area (Å²) in [7, 11) is 0. The number of rotatable bonds is 3. The summed E-state index contributed by atoms with van der Waals surface area (Å²) in [5.74, 6) is 0.751. The highest BCUT2D eigenvalue weighted by Gasteiger charge is 2.41. The predicted octanol–water partition coefficient (Wildman–Crippen LogP) is 11.5. The van der Waals surface area contributed by atoms with Crippen molar-refractivity contribution in [3.63, 3.8) is 0 Å². The number of benzene rings is 6. The summed E-state index contributed by atoms with van der Waals surface area (Å²) in [4.78, 5) is 10.7. The first-order chi connectivity index (χ1) is 23.8. The zero-order chi connectivity index (χ0) is 33.1. The monoisotopic (exact) mass is 629 g/mol. The van der Waals surface area contributed by atoms with Gasteiger partial charge in [-0.1, -0.05) is 149 Å². The summed E-state index contributed by atoms with van der Waals surface area (Å²) in [6, 6.07) is 50.5. The van der Waals surface area contributed by atoms with E-state index in [1.54, 1.807) is 0 Å². The average molecular weight is 630 g/mol. The van der Waals surface area contributed by atoms with Gasteiger partial charge in [0.05, 0.1) is 22.4 Å². The van der Waals surface area contributed by atoms with Crippen molar-refractivity contribution in [1.82, 2.24) is 14.5 Å². The Balaban J connectivity index is 1.27. The molecule has 0 amide bonds. The Bertz CT molecular complexity index is 2660. The number of hydrogen-bond acceptors (Lipinski definition) is 2. The zero-order valence-electron chi connectivity index (χ0n) is 28.1. The number of fused-ring (bicyclic) bond motifs is 10. The fourth-order valence-corrected chi connectivity index (χ4v) is 8.92. The molecule has 0 fully saturated rings. The molecule has 0 N–H and O–H groups in total. The Morgan fingerprint density at radius 1 is 0.469 bits per heavy atom. The van der Waals surface area contributed by atoms with E-state index in [2.05, 4.69) is 166 Å². The van der Waals surface area contributed by atoms with Gasteiger partial charge in [0.15, 0.2) is 5.82 Å². The van der Waals surface area contributed by atoms with Crippen molar-refractivity contribution in [2.45, 2.75) is 38.5 Å². The standard InChI is InChI=1S/C46H35N3/c1-45(2)36-22-11-8-19-31(36)33-25-26-34-32-20-10-13-24-38(32)49(43(34)39(33)45)30-18-14-17-29(27-30)41-40-42(35-21-9-12-23-37(35)46(40,3)4)48-44(47-41)28-15-6-5-7-16-28/h5-27H,1-4H3. The number of aromatic nitrogens is 3. The van der Waals surface area contributed by atoms with Crippen LogP contribution in [0.1, 0.15) is 49.9 Å². The van der Waals surface area contributed by atoms with Gasteiger partial charge in [-0.05, 0) is 46.0 Å². The lowest BCUT2D eigenvalue weighted by molar-refractivity contribution is 0.658. The van der Waals surface area contributed by atoms with Gasteiger partial charge < -0.3 is 4.57 Å². The first-order valence-corrected chi connectivity index (χ1v) is 17.2. The van der Waals surface area contributed by atoms with E-state index in [1.807, 2.05) is 6.07 Å². The highest BCUT2D eigenvalue weighted by Crippen LogP contribution is 2.54. The normalized spacial score (nSPS) is 14.9. The van der Waals surface area contributed by atoms with Gasteiger partial charge in [-0.2, -0.15) is 0 Å². The molecule has 0 bridgehead atoms. The molecule has 10 rings (SSSR count). The zero-order valence-corrected chi connectivity index (χ0v) is 28.1. The second-order valence-corrected chi connectivity index (χ2v) is 14.6. The molecule has 3 nitrogen and oxygen atoms in total. The summed E-state index contributed by atoms with van der Waals surface area (Å²) in [6.45, 7) is 9.38. The quantitative estimate of drug-likeness (QED) is 0.195. The highest BCUT2D eigenvalue weighted by atomic mass is 15.0. The molecule has 0 unspecified atom stereocenters. The second-order valence-electron chi connectivity index (χ2n) is 14.6. The number of hydrogen-bond donors (Lipinski definition) is 0. The Hall–Kier alpha value is -5.80. The topological polar surface area (TPSA) is 30.7 Å². The van der Waals surface area contributed by atoms with E-state index in [0.29, 0.717) is 0 Å². The maximum absolute atomic E-state index is 5.40. The molecular formula is C46H35N3. The van der Waals surface area contributed by atoms with Crippen molar-refractivity contribution >= 4 is 21.8 Å². The predicted molar refractivity (Wildman–Crippen MR) is 202 cm³/mol. The molecule has 0 spiro atoms. The van der Waals surface area contributed by atoms with Crippen molar-refractivity contribution in [1.29, 1.82) is 0 Å². The van der Waals surface area contributed by atoms with Crippen LogP contribution in [0, 0.1) is 0 Å². The van der Waals surface area contributed by atoms with Gasteiger partial charge in [-0.15, -0.1) is 0 Å². The van der Waals surface area contributed by atoms with Crippen LogP contribution >= 0.6 is 0 Å². The van der Waals surface area contributed by atoms with Crippen LogP contribution in [0.4, 0.5) is 0 Å². The van der Waals surface area contributed by atoms with Crippen molar-refractivity contribution < 1.29 is 0 Å². The lowest BCUT2D eigenvalue weighted by Gasteiger charge is -2.25. The molecule has 0 radical (unpaired) electrons. The summed E-state index contributed by atoms with van der Waals surface area (Å²) >= 11 is 0. The summed E-state index contributed by atoms with van der Waals surface area (Å²) < 4.78 is 2.50. The minimum absolute atomic E-state index is 0.150. The summed E-state index contributed by atoms with van der Waals surface area (Å²) in [5.41, 5.74) is 16.5. The summed E-state index contributed by atoms with van der Waals surface area (Å²) in [5, 5.41) is 2.55. The molecule has 0 saturated heterocycles. The molecule has 2 aromatic heterocycles. The molecule has 2 aliphatic rings. The third-order valence-electron chi connectivity index (χ3n) is 11.2. The Labute approximate surface area is 286 Å². The van der Waals surface area contributed by atoms with E-state index in [-0.39, 0.29) is 10.8 Å². The van der Waals surface area contributed by atoms with Crippen LogP contribution in [0.25, 0.3) is 72.5 Å². The van der Waals surface area contributed by atoms with Crippen LogP contribution in [-0.2, 0) is 10.8 Å². The smallest absolute Gasteiger partial charge is 0.160 e. The maximum Gasteiger partial charge on any atom is 0.160 e. The van der Waals surface area contributed by atoms with Crippen LogP contribution in [0.5, 0.6) is 0 Å². The molecule has 0 aliphatic heterocycles. The van der Waals surface area contributed by atoms with E-state index in [0.717, 1.165) is 34.0 Å². The SMILES string of the molecule is CC1(C)c2ccccc2-c2nc(-c3ccccc3)nc(-c3cccc(-n4c5ccccc5c5ccc6c(c54)C(C)(C)c4ccccc4-6)c3)c21. The molecule has 2 aliphatic carbocycles. The van der Waals surface area contributed by atoms with Crippen molar-refractivity contribution in [2.75, 3.05) is 0 Å². The van der Waals surface area contributed by atoms with Crippen LogP contribution in [0.2, 0.25) is 0 Å². The van der Waals surface area contributed by atoms with Crippen molar-refractivity contribution in [2.24, 2.45) is 0 Å². The molecule has 0 saturated carbocycles. The molecular weight excluding hydrogens is 595 g/mol. The van der Waals surface area contributed by atoms with Crippen LogP contribution in [0.3, 0.4) is 0 Å². The van der Waals surface area contributed by atoms with Gasteiger partial charge in [0.25, 0.3) is 0 Å². The third kappa shape index (κ3) is 3.79. The Morgan fingerprint density at radius 2 is 1.10 bits per heavy atom. The fraction of sp³-hybridized carbons (Fsp3) is 0.130. The van der Waals surface area contributed by atoms with Gasteiger partial charge in [0.2, 0.25) is 0 Å². The lowest BCUT2D eigenvalue weighted by Crippen LogP contribution is -2.17. The first kappa shape index (κ1) is 28.2. The Kier molecular flexibility index (Phi) is 5.69. The van der Waals surface area contributed by atoms with E-state index >= 15 is 0 Å². The van der Waals surface area contributed by atoms with Gasteiger partial charge in [0.1, 0.15) is 0 Å². The Morgan fingerprint density at radius 3 is 1.92 bits per heavy atom. The van der Waals surface area contributed by atoms with E-state index < -0.39 is 0 Å². The van der Waals surface area contributed by atoms with Crippen LogP contribution in [0.15, 0.2) is 140 Å². The van der Waals surface area contributed by atoms with Crippen molar-refractivity contribution in [3.05, 3.63) is 162 Å². The van der Waals surface area contributed by atoms with Crippen LogP contribution < -0.4 is 0 Å². The summed E-state index contributed by atoms with van der Waals surface area (Å²) in [6.07, 6.45) is 0. The third-order valence-corrected chi connectivity index (χ3v) is 11.2. The minimum Gasteiger partial charge on any atom is -0.309 e. The molecule has 0 atom stereocenters. The van der Waals surface area contributed by atoms with E-state index in [4.69, 9.17) is 9.97 Å². The van der Waals surface area contributed by atoms with Gasteiger partial charge in [-0.3, -0.25) is 0 Å². The second kappa shape index (κ2) is 9.87. The minimum atomic E-state index is -0.254. The van der Waals surface area contributed by atoms with E-state index in [1.165, 1.54) is 60.8 Å². The van der Waals surface area contributed by atoms with Crippen molar-refractivity contribution in [3.8, 4) is 50.7 Å². The van der Waals surface area contributed by atoms with Gasteiger partial charge in [0, 0.05) is 49.5 Å². The highest BCUT2D eigenvalue weighted by molar-refractivity contribution is 6.13. The largest absolute Gasteiger partial charge is 0.309 e. The molecule has 49 heavy (non-hydrogen) atoms. The van der Waals surface area contributed by atoms with E-state index in [9.17, 15) is 0 Å². The lowest BCUT2D eigenvalue weighted by atomic mass is 9.80.